The van der Waals surface area contributed by atoms with Crippen LogP contribution in [0.15, 0.2) is 30.3 Å². The van der Waals surface area contributed by atoms with Crippen molar-refractivity contribution in [1.82, 2.24) is 10.6 Å². The summed E-state index contributed by atoms with van der Waals surface area (Å²) in [7, 11) is 0. The van der Waals surface area contributed by atoms with Gasteiger partial charge in [-0.1, -0.05) is 30.3 Å². The topological polar surface area (TPSA) is 105 Å². The number of carbonyl (C=O) groups excluding carboxylic acids is 2. The van der Waals surface area contributed by atoms with Gasteiger partial charge < -0.3 is 20.5 Å². The Morgan fingerprint density at radius 1 is 1.32 bits per heavy atom. The Morgan fingerprint density at radius 2 is 2.00 bits per heavy atom. The maximum atomic E-state index is 11.4. The normalized spacial score (nSPS) is 11.2. The molecule has 0 aliphatic carbocycles. The Kier molecular flexibility index (Phi) is 5.87. The van der Waals surface area contributed by atoms with Gasteiger partial charge >= 0.3 is 12.1 Å². The number of hydrogen-bond donors (Lipinski definition) is 3. The molecular formula is C12H14N2O5. The van der Waals surface area contributed by atoms with Gasteiger partial charge in [-0.3, -0.25) is 4.79 Å². The summed E-state index contributed by atoms with van der Waals surface area (Å²) in [6, 6.07) is 7.74. The number of rotatable bonds is 7. The lowest BCUT2D eigenvalue weighted by Crippen LogP contribution is -2.47. The molecule has 0 aliphatic heterocycles. The second-order valence-electron chi connectivity index (χ2n) is 3.62. The number of nitrogens with one attached hydrogen (secondary N) is 2. The van der Waals surface area contributed by atoms with Crippen molar-refractivity contribution in [2.45, 2.75) is 12.6 Å². The van der Waals surface area contributed by atoms with Crippen LogP contribution in [0.2, 0.25) is 0 Å². The van der Waals surface area contributed by atoms with E-state index in [4.69, 9.17) is 9.84 Å². The average molecular weight is 266 g/mol. The van der Waals surface area contributed by atoms with Crippen LogP contribution in [0.1, 0.15) is 5.56 Å². The molecule has 3 N–H and O–H groups in total. The van der Waals surface area contributed by atoms with Crippen LogP contribution in [0.25, 0.3) is 0 Å². The van der Waals surface area contributed by atoms with Gasteiger partial charge in [-0.2, -0.15) is 0 Å². The van der Waals surface area contributed by atoms with Crippen LogP contribution in [0, 0.1) is 0 Å². The van der Waals surface area contributed by atoms with E-state index in [9.17, 15) is 14.4 Å². The highest BCUT2D eigenvalue weighted by atomic mass is 16.5. The van der Waals surface area contributed by atoms with Crippen molar-refractivity contribution in [2.75, 3.05) is 6.54 Å². The van der Waals surface area contributed by atoms with Crippen LogP contribution in [0.5, 0.6) is 0 Å². The maximum Gasteiger partial charge on any atom is 0.408 e. The van der Waals surface area contributed by atoms with E-state index in [2.05, 4.69) is 10.6 Å². The lowest BCUT2D eigenvalue weighted by atomic mass is 10.2. The van der Waals surface area contributed by atoms with Crippen molar-refractivity contribution in [3.8, 4) is 0 Å². The quantitative estimate of drug-likeness (QED) is 0.608. The lowest BCUT2D eigenvalue weighted by molar-refractivity contribution is -0.139. The van der Waals surface area contributed by atoms with Gasteiger partial charge in [0.2, 0.25) is 6.41 Å². The summed E-state index contributed by atoms with van der Waals surface area (Å²) in [5.41, 5.74) is 0.788. The molecule has 2 amide bonds. The molecule has 0 spiro atoms. The summed E-state index contributed by atoms with van der Waals surface area (Å²) in [5.74, 6) is -1.26. The van der Waals surface area contributed by atoms with Crippen molar-refractivity contribution >= 4 is 18.5 Å². The highest BCUT2D eigenvalue weighted by molar-refractivity contribution is 5.80. The fourth-order valence-corrected chi connectivity index (χ4v) is 1.27. The number of ether oxygens (including phenoxy) is 1. The number of alkyl carbamates (subject to hydrolysis) is 1. The fraction of sp³-hybridized carbons (Fsp3) is 0.250. The third-order valence-corrected chi connectivity index (χ3v) is 2.21. The van der Waals surface area contributed by atoms with Gasteiger partial charge in [0.05, 0.1) is 0 Å². The number of carbonyl (C=O) groups is 3. The summed E-state index contributed by atoms with van der Waals surface area (Å²) in [6.45, 7) is -0.167. The van der Waals surface area contributed by atoms with Gasteiger partial charge in [-0.25, -0.2) is 9.59 Å². The Labute approximate surface area is 109 Å². The molecule has 1 unspecified atom stereocenters. The molecule has 0 aromatic heterocycles. The van der Waals surface area contributed by atoms with E-state index in [1.807, 2.05) is 6.07 Å². The second kappa shape index (κ2) is 7.70. The molecular weight excluding hydrogens is 252 g/mol. The molecule has 0 radical (unpaired) electrons. The number of carboxylic acids is 1. The minimum absolute atomic E-state index is 0.0418. The van der Waals surface area contributed by atoms with Gasteiger partial charge in [-0.05, 0) is 5.56 Å². The van der Waals surface area contributed by atoms with Crippen molar-refractivity contribution in [3.63, 3.8) is 0 Å². The van der Waals surface area contributed by atoms with Crippen molar-refractivity contribution in [2.24, 2.45) is 0 Å². The molecule has 1 aromatic rings. The molecule has 19 heavy (non-hydrogen) atoms. The number of benzene rings is 1. The first-order valence-electron chi connectivity index (χ1n) is 5.50. The summed E-state index contributed by atoms with van der Waals surface area (Å²) >= 11 is 0. The third-order valence-electron chi connectivity index (χ3n) is 2.21. The summed E-state index contributed by atoms with van der Waals surface area (Å²) in [5, 5.41) is 13.1. The Balaban J connectivity index is 2.40. The van der Waals surface area contributed by atoms with Crippen LogP contribution in [-0.2, 0) is 20.9 Å². The standard InChI is InChI=1S/C12H14N2O5/c15-8-13-6-10(11(16)17)14-12(18)19-7-9-4-2-1-3-5-9/h1-5,8,10H,6-7H2,(H,13,15)(H,14,18)(H,16,17). The molecule has 1 rings (SSSR count). The van der Waals surface area contributed by atoms with E-state index in [0.717, 1.165) is 5.56 Å². The fourth-order valence-electron chi connectivity index (χ4n) is 1.27. The van der Waals surface area contributed by atoms with E-state index in [1.165, 1.54) is 0 Å². The molecule has 0 saturated heterocycles. The first kappa shape index (κ1) is 14.5. The van der Waals surface area contributed by atoms with Gasteiger partial charge in [-0.15, -0.1) is 0 Å². The first-order valence-corrected chi connectivity index (χ1v) is 5.50. The predicted molar refractivity (Wildman–Crippen MR) is 65.3 cm³/mol. The second-order valence-corrected chi connectivity index (χ2v) is 3.62. The molecule has 7 nitrogen and oxygen atoms in total. The zero-order valence-corrected chi connectivity index (χ0v) is 10.0. The van der Waals surface area contributed by atoms with Crippen LogP contribution < -0.4 is 10.6 Å². The van der Waals surface area contributed by atoms with Crippen LogP contribution in [0.4, 0.5) is 4.79 Å². The van der Waals surface area contributed by atoms with Gasteiger partial charge in [0.1, 0.15) is 12.6 Å². The van der Waals surface area contributed by atoms with Crippen molar-refractivity contribution in [3.05, 3.63) is 35.9 Å². The number of carboxylic acid groups (broad SMARTS) is 1. The molecule has 1 atom stereocenters. The molecule has 0 heterocycles. The first-order chi connectivity index (χ1) is 9.13. The van der Waals surface area contributed by atoms with E-state index < -0.39 is 18.1 Å². The van der Waals surface area contributed by atoms with Gasteiger partial charge in [0.25, 0.3) is 0 Å². The molecule has 102 valence electrons. The van der Waals surface area contributed by atoms with Crippen molar-refractivity contribution < 1.29 is 24.2 Å². The summed E-state index contributed by atoms with van der Waals surface area (Å²) in [4.78, 5) is 32.3. The van der Waals surface area contributed by atoms with E-state index in [-0.39, 0.29) is 13.2 Å². The zero-order valence-electron chi connectivity index (χ0n) is 10.0. The molecule has 0 fully saturated rings. The molecule has 7 heteroatoms. The monoisotopic (exact) mass is 266 g/mol. The van der Waals surface area contributed by atoms with E-state index >= 15 is 0 Å². The third kappa shape index (κ3) is 5.53. The maximum absolute atomic E-state index is 11.4. The largest absolute Gasteiger partial charge is 0.480 e. The molecule has 0 aliphatic rings. The van der Waals surface area contributed by atoms with Crippen LogP contribution in [0.3, 0.4) is 0 Å². The van der Waals surface area contributed by atoms with Crippen LogP contribution >= 0.6 is 0 Å². The average Bonchev–Trinajstić information content (AvgIpc) is 2.42. The number of hydrogen-bond acceptors (Lipinski definition) is 4. The van der Waals surface area contributed by atoms with E-state index in [0.29, 0.717) is 6.41 Å². The van der Waals surface area contributed by atoms with E-state index in [1.54, 1.807) is 24.3 Å². The number of amides is 2. The molecule has 1 aromatic carbocycles. The number of aliphatic carboxylic acids is 1. The Bertz CT molecular complexity index is 435. The highest BCUT2D eigenvalue weighted by Crippen LogP contribution is 2.00. The minimum atomic E-state index is -1.26. The SMILES string of the molecule is O=CNCC(NC(=O)OCc1ccccc1)C(=O)O. The predicted octanol–water partition coefficient (Wildman–Crippen LogP) is 0.112. The molecule has 0 saturated carbocycles. The highest BCUT2D eigenvalue weighted by Gasteiger charge is 2.20. The zero-order chi connectivity index (χ0) is 14.1. The smallest absolute Gasteiger partial charge is 0.408 e. The van der Waals surface area contributed by atoms with Crippen molar-refractivity contribution in [1.29, 1.82) is 0 Å². The van der Waals surface area contributed by atoms with Gasteiger partial charge in [0.15, 0.2) is 0 Å². The minimum Gasteiger partial charge on any atom is -0.480 e. The molecule has 0 bridgehead atoms. The summed E-state index contributed by atoms with van der Waals surface area (Å²) < 4.78 is 4.86. The van der Waals surface area contributed by atoms with Crippen LogP contribution in [-0.4, -0.2) is 36.2 Å². The summed E-state index contributed by atoms with van der Waals surface area (Å²) in [6.07, 6.45) is -0.503. The Morgan fingerprint density at radius 3 is 2.58 bits per heavy atom. The Hall–Kier alpha value is -2.57. The van der Waals surface area contributed by atoms with Gasteiger partial charge in [0, 0.05) is 6.54 Å². The lowest BCUT2D eigenvalue weighted by Gasteiger charge is -2.13.